The Morgan fingerprint density at radius 1 is 1.05 bits per heavy atom. The Balaban J connectivity index is 3.59. The molecule has 0 aliphatic rings. The highest BCUT2D eigenvalue weighted by Crippen LogP contribution is 2.15. The minimum Gasteiger partial charge on any atom is -0.369 e. The van der Waals surface area contributed by atoms with E-state index < -0.39 is 17.7 Å². The number of amides is 2. The van der Waals surface area contributed by atoms with Crippen LogP contribution in [0.3, 0.4) is 0 Å². The number of hydroxylamine groups is 1. The SMILES string of the molecule is CCCCCCCCCC[C@H](CC(=O)NO)C(N)=O. The zero-order valence-electron chi connectivity index (χ0n) is 12.0. The largest absolute Gasteiger partial charge is 0.369 e. The maximum absolute atomic E-state index is 11.1. The first-order valence-electron chi connectivity index (χ1n) is 7.34. The molecule has 2 amide bonds. The van der Waals surface area contributed by atoms with Gasteiger partial charge in [0.2, 0.25) is 11.8 Å². The maximum atomic E-state index is 11.1. The van der Waals surface area contributed by atoms with Crippen LogP contribution in [0.2, 0.25) is 0 Å². The molecule has 5 nitrogen and oxygen atoms in total. The molecule has 0 spiro atoms. The number of hydrogen-bond donors (Lipinski definition) is 3. The van der Waals surface area contributed by atoms with E-state index in [9.17, 15) is 9.59 Å². The second-order valence-corrected chi connectivity index (χ2v) is 5.10. The summed E-state index contributed by atoms with van der Waals surface area (Å²) >= 11 is 0. The number of primary amides is 1. The van der Waals surface area contributed by atoms with E-state index >= 15 is 0 Å². The van der Waals surface area contributed by atoms with Gasteiger partial charge in [-0.25, -0.2) is 5.48 Å². The summed E-state index contributed by atoms with van der Waals surface area (Å²) in [5.41, 5.74) is 6.77. The lowest BCUT2D eigenvalue weighted by atomic mass is 9.96. The molecule has 19 heavy (non-hydrogen) atoms. The van der Waals surface area contributed by atoms with Crippen LogP contribution in [-0.2, 0) is 9.59 Å². The van der Waals surface area contributed by atoms with Gasteiger partial charge in [0.25, 0.3) is 0 Å². The molecule has 0 aromatic rings. The zero-order chi connectivity index (χ0) is 14.5. The van der Waals surface area contributed by atoms with E-state index in [1.54, 1.807) is 0 Å². The number of unbranched alkanes of at least 4 members (excludes halogenated alkanes) is 7. The van der Waals surface area contributed by atoms with Gasteiger partial charge in [0.05, 0.1) is 0 Å². The first-order chi connectivity index (χ1) is 9.11. The first-order valence-corrected chi connectivity index (χ1v) is 7.34. The Morgan fingerprint density at radius 2 is 1.58 bits per heavy atom. The van der Waals surface area contributed by atoms with Crippen molar-refractivity contribution < 1.29 is 14.8 Å². The van der Waals surface area contributed by atoms with E-state index in [1.807, 2.05) is 0 Å². The Bertz CT molecular complexity index is 257. The van der Waals surface area contributed by atoms with Crippen molar-refractivity contribution in [1.82, 2.24) is 5.48 Å². The summed E-state index contributed by atoms with van der Waals surface area (Å²) in [4.78, 5) is 22.1. The van der Waals surface area contributed by atoms with Gasteiger partial charge < -0.3 is 5.73 Å². The molecule has 0 heterocycles. The van der Waals surface area contributed by atoms with Crippen LogP contribution in [0.25, 0.3) is 0 Å². The molecular formula is C14H28N2O3. The first kappa shape index (κ1) is 17.9. The van der Waals surface area contributed by atoms with Crippen molar-refractivity contribution in [3.8, 4) is 0 Å². The quantitative estimate of drug-likeness (QED) is 0.289. The van der Waals surface area contributed by atoms with Gasteiger partial charge in [-0.3, -0.25) is 14.8 Å². The molecule has 0 aliphatic carbocycles. The van der Waals surface area contributed by atoms with E-state index in [-0.39, 0.29) is 6.42 Å². The van der Waals surface area contributed by atoms with E-state index in [4.69, 9.17) is 10.9 Å². The van der Waals surface area contributed by atoms with Gasteiger partial charge in [0.15, 0.2) is 0 Å². The average molecular weight is 272 g/mol. The molecule has 4 N–H and O–H groups in total. The number of carbonyl (C=O) groups is 2. The van der Waals surface area contributed by atoms with Crippen LogP contribution < -0.4 is 11.2 Å². The highest BCUT2D eigenvalue weighted by molar-refractivity contribution is 5.84. The minimum absolute atomic E-state index is 0.0255. The third-order valence-electron chi connectivity index (χ3n) is 3.37. The van der Waals surface area contributed by atoms with Gasteiger partial charge in [0.1, 0.15) is 0 Å². The maximum Gasteiger partial charge on any atom is 0.244 e. The van der Waals surface area contributed by atoms with Crippen molar-refractivity contribution in [2.45, 2.75) is 71.1 Å². The molecule has 0 unspecified atom stereocenters. The van der Waals surface area contributed by atoms with Crippen molar-refractivity contribution in [3.63, 3.8) is 0 Å². The number of rotatable bonds is 12. The summed E-state index contributed by atoms with van der Waals surface area (Å²) in [7, 11) is 0. The van der Waals surface area contributed by atoms with Gasteiger partial charge in [-0.1, -0.05) is 58.3 Å². The molecule has 0 fully saturated rings. The molecule has 0 bridgehead atoms. The van der Waals surface area contributed by atoms with Crippen LogP contribution in [0, 0.1) is 5.92 Å². The Morgan fingerprint density at radius 3 is 2.05 bits per heavy atom. The summed E-state index contributed by atoms with van der Waals surface area (Å²) < 4.78 is 0. The predicted molar refractivity (Wildman–Crippen MR) is 74.5 cm³/mol. The number of nitrogens with one attached hydrogen (secondary N) is 1. The Labute approximate surface area is 115 Å². The second-order valence-electron chi connectivity index (χ2n) is 5.10. The monoisotopic (exact) mass is 272 g/mol. The lowest BCUT2D eigenvalue weighted by Gasteiger charge is -2.11. The highest BCUT2D eigenvalue weighted by Gasteiger charge is 2.18. The summed E-state index contributed by atoms with van der Waals surface area (Å²) in [6.45, 7) is 2.20. The van der Waals surface area contributed by atoms with Gasteiger partial charge in [-0.2, -0.15) is 0 Å². The summed E-state index contributed by atoms with van der Waals surface area (Å²) in [6, 6.07) is 0. The van der Waals surface area contributed by atoms with Gasteiger partial charge in [-0.05, 0) is 6.42 Å². The molecule has 5 heteroatoms. The number of nitrogens with two attached hydrogens (primary N) is 1. The van der Waals surface area contributed by atoms with Crippen LogP contribution in [0.5, 0.6) is 0 Å². The number of carbonyl (C=O) groups excluding carboxylic acids is 2. The fraction of sp³-hybridized carbons (Fsp3) is 0.857. The lowest BCUT2D eigenvalue weighted by molar-refractivity contribution is -0.133. The van der Waals surface area contributed by atoms with Crippen molar-refractivity contribution in [3.05, 3.63) is 0 Å². The molecule has 0 saturated carbocycles. The third-order valence-corrected chi connectivity index (χ3v) is 3.37. The van der Waals surface area contributed by atoms with Crippen LogP contribution in [-0.4, -0.2) is 17.0 Å². The predicted octanol–water partition coefficient (Wildman–Crippen LogP) is 2.51. The minimum atomic E-state index is -0.552. The molecule has 1 atom stereocenters. The van der Waals surface area contributed by atoms with Gasteiger partial charge in [0, 0.05) is 12.3 Å². The molecule has 0 radical (unpaired) electrons. The molecule has 0 aromatic heterocycles. The lowest BCUT2D eigenvalue weighted by Crippen LogP contribution is -2.30. The van der Waals surface area contributed by atoms with E-state index in [1.165, 1.54) is 44.0 Å². The Hall–Kier alpha value is -1.10. The van der Waals surface area contributed by atoms with Gasteiger partial charge >= 0.3 is 0 Å². The molecule has 0 aliphatic heterocycles. The molecule has 112 valence electrons. The van der Waals surface area contributed by atoms with Crippen LogP contribution in [0.15, 0.2) is 0 Å². The molecule has 0 aromatic carbocycles. The summed E-state index contributed by atoms with van der Waals surface area (Å²) in [5, 5.41) is 8.43. The third kappa shape index (κ3) is 10.5. The highest BCUT2D eigenvalue weighted by atomic mass is 16.5. The average Bonchev–Trinajstić information content (AvgIpc) is 2.39. The van der Waals surface area contributed by atoms with E-state index in [2.05, 4.69) is 6.92 Å². The topological polar surface area (TPSA) is 92.4 Å². The van der Waals surface area contributed by atoms with Crippen LogP contribution in [0.1, 0.15) is 71.1 Å². The fourth-order valence-corrected chi connectivity index (χ4v) is 2.14. The van der Waals surface area contributed by atoms with Crippen molar-refractivity contribution in [1.29, 1.82) is 0 Å². The van der Waals surface area contributed by atoms with Crippen molar-refractivity contribution in [2.75, 3.05) is 0 Å². The van der Waals surface area contributed by atoms with E-state index in [0.29, 0.717) is 6.42 Å². The fourth-order valence-electron chi connectivity index (χ4n) is 2.14. The molecular weight excluding hydrogens is 244 g/mol. The van der Waals surface area contributed by atoms with Gasteiger partial charge in [-0.15, -0.1) is 0 Å². The zero-order valence-corrected chi connectivity index (χ0v) is 12.0. The Kier molecular flexibility index (Phi) is 11.3. The van der Waals surface area contributed by atoms with Crippen molar-refractivity contribution >= 4 is 11.8 Å². The standard InChI is InChI=1S/C14H28N2O3/c1-2-3-4-5-6-7-8-9-10-12(14(15)18)11-13(17)16-19/h12,19H,2-11H2,1H3,(H2,15,18)(H,16,17)/t12-/m1/s1. The molecule has 0 saturated heterocycles. The normalized spacial score (nSPS) is 12.1. The van der Waals surface area contributed by atoms with Crippen LogP contribution >= 0.6 is 0 Å². The smallest absolute Gasteiger partial charge is 0.244 e. The second kappa shape index (κ2) is 12.0. The summed E-state index contributed by atoms with van der Waals surface area (Å²) in [5.74, 6) is -1.48. The molecule has 0 rings (SSSR count). The number of hydrogen-bond acceptors (Lipinski definition) is 3. The summed E-state index contributed by atoms with van der Waals surface area (Å²) in [6.07, 6.45) is 10.1. The van der Waals surface area contributed by atoms with E-state index in [0.717, 1.165) is 12.8 Å². The van der Waals surface area contributed by atoms with Crippen LogP contribution in [0.4, 0.5) is 0 Å². The van der Waals surface area contributed by atoms with Crippen molar-refractivity contribution in [2.24, 2.45) is 11.7 Å².